The molecule has 0 aromatic heterocycles. The number of hydrogen-bond donors (Lipinski definition) is 4. The van der Waals surface area contributed by atoms with Crippen molar-refractivity contribution in [2.75, 3.05) is 13.1 Å². The predicted molar refractivity (Wildman–Crippen MR) is 216 cm³/mol. The zero-order valence-corrected chi connectivity index (χ0v) is 35.0. The lowest BCUT2D eigenvalue weighted by Gasteiger charge is -2.25. The highest BCUT2D eigenvalue weighted by Crippen LogP contribution is 2.16. The third-order valence-electron chi connectivity index (χ3n) is 10.5. The van der Waals surface area contributed by atoms with Gasteiger partial charge in [0.25, 0.3) is 0 Å². The van der Waals surface area contributed by atoms with Crippen molar-refractivity contribution in [2.24, 2.45) is 23.7 Å². The molecule has 5 atom stereocenters. The number of carbonyl (C=O) groups excluding carboxylic acids is 5. The largest absolute Gasteiger partial charge is 0.356 e. The number of nitrogens with one attached hydrogen (secondary N) is 4. The topological polar surface area (TPSA) is 133 Å². The van der Waals surface area contributed by atoms with Crippen molar-refractivity contribution in [1.82, 2.24) is 21.3 Å². The van der Waals surface area contributed by atoms with Crippen LogP contribution in [0.4, 0.5) is 0 Å². The van der Waals surface area contributed by atoms with Gasteiger partial charge in [-0.05, 0) is 82.0 Å². The molecule has 9 nitrogen and oxygen atoms in total. The van der Waals surface area contributed by atoms with Crippen LogP contribution >= 0.6 is 0 Å². The maximum atomic E-state index is 13.7. The van der Waals surface area contributed by atoms with Gasteiger partial charge in [0.1, 0.15) is 6.04 Å². The van der Waals surface area contributed by atoms with Gasteiger partial charge in [0, 0.05) is 38.3 Å². The van der Waals surface area contributed by atoms with Gasteiger partial charge in [0.15, 0.2) is 5.78 Å². The number of ketones is 1. The van der Waals surface area contributed by atoms with Crippen molar-refractivity contribution < 1.29 is 24.0 Å². The lowest BCUT2D eigenvalue weighted by molar-refractivity contribution is -0.133. The number of Topliss-reactive ketones (excluding diaryl/α,β-unsaturated/α-hetero) is 1. The minimum atomic E-state index is -0.745. The Kier molecular flexibility index (Phi) is 30.5. The maximum absolute atomic E-state index is 13.7. The Bertz CT molecular complexity index is 971. The molecule has 4 amide bonds. The summed E-state index contributed by atoms with van der Waals surface area (Å²) < 4.78 is 0. The van der Waals surface area contributed by atoms with Crippen molar-refractivity contribution in [2.45, 2.75) is 209 Å². The highest BCUT2D eigenvalue weighted by atomic mass is 16.2. The van der Waals surface area contributed by atoms with E-state index in [0.29, 0.717) is 82.2 Å². The van der Waals surface area contributed by atoms with Gasteiger partial charge in [-0.3, -0.25) is 24.0 Å². The second kappa shape index (κ2) is 32.0. The Hall–Kier alpha value is -2.45. The van der Waals surface area contributed by atoms with Crippen molar-refractivity contribution >= 4 is 29.4 Å². The van der Waals surface area contributed by atoms with Crippen molar-refractivity contribution in [3.8, 4) is 0 Å². The molecule has 0 aromatic rings. The van der Waals surface area contributed by atoms with Gasteiger partial charge in [-0.15, -0.1) is 0 Å². The van der Waals surface area contributed by atoms with E-state index >= 15 is 0 Å². The van der Waals surface area contributed by atoms with E-state index in [1.807, 2.05) is 13.8 Å². The molecule has 0 bridgehead atoms. The van der Waals surface area contributed by atoms with Crippen LogP contribution in [0.5, 0.6) is 0 Å². The molecule has 304 valence electrons. The normalized spacial score (nSPS) is 14.2. The summed E-state index contributed by atoms with van der Waals surface area (Å²) in [6.07, 6.45) is 18.1. The van der Waals surface area contributed by atoms with Crippen LogP contribution in [0.25, 0.3) is 0 Å². The monoisotopic (exact) mass is 735 g/mol. The van der Waals surface area contributed by atoms with Crippen LogP contribution in [0.2, 0.25) is 0 Å². The van der Waals surface area contributed by atoms with E-state index in [4.69, 9.17) is 0 Å². The summed E-state index contributed by atoms with van der Waals surface area (Å²) in [7, 11) is 0. The Morgan fingerprint density at radius 1 is 0.462 bits per heavy atom. The van der Waals surface area contributed by atoms with E-state index in [1.165, 1.54) is 12.8 Å². The van der Waals surface area contributed by atoms with Gasteiger partial charge >= 0.3 is 0 Å². The lowest BCUT2D eigenvalue weighted by Crippen LogP contribution is -2.52. The highest BCUT2D eigenvalue weighted by molar-refractivity contribution is 5.93. The number of unbranched alkanes of at least 4 members (excludes halogenated alkanes) is 5. The Morgan fingerprint density at radius 2 is 0.904 bits per heavy atom. The minimum Gasteiger partial charge on any atom is -0.356 e. The van der Waals surface area contributed by atoms with E-state index in [1.54, 1.807) is 0 Å². The molecule has 52 heavy (non-hydrogen) atoms. The average Bonchev–Trinajstić information content (AvgIpc) is 3.11. The van der Waals surface area contributed by atoms with Crippen LogP contribution in [0.1, 0.15) is 197 Å². The lowest BCUT2D eigenvalue weighted by atomic mass is 9.92. The Balaban J connectivity index is 5.19. The molecule has 0 fully saturated rings. The third-order valence-corrected chi connectivity index (χ3v) is 10.5. The van der Waals surface area contributed by atoms with E-state index in [9.17, 15) is 24.0 Å². The van der Waals surface area contributed by atoms with E-state index in [2.05, 4.69) is 62.8 Å². The maximum Gasteiger partial charge on any atom is 0.243 e. The molecule has 0 aromatic carbocycles. The van der Waals surface area contributed by atoms with Crippen LogP contribution in [0.15, 0.2) is 0 Å². The fourth-order valence-corrected chi connectivity index (χ4v) is 6.39. The quantitative estimate of drug-likeness (QED) is 0.0490. The summed E-state index contributed by atoms with van der Waals surface area (Å²) in [6.45, 7) is 18.3. The number of hydrogen-bond acceptors (Lipinski definition) is 5. The second-order valence-corrected chi connectivity index (χ2v) is 16.1. The summed E-state index contributed by atoms with van der Waals surface area (Å²) in [5.41, 5.74) is 0. The first-order valence-corrected chi connectivity index (χ1v) is 21.5. The van der Waals surface area contributed by atoms with E-state index in [-0.39, 0.29) is 35.3 Å². The van der Waals surface area contributed by atoms with Crippen molar-refractivity contribution in [3.63, 3.8) is 0 Å². The summed E-state index contributed by atoms with van der Waals surface area (Å²) in [4.78, 5) is 64.9. The van der Waals surface area contributed by atoms with E-state index in [0.717, 1.165) is 77.0 Å². The van der Waals surface area contributed by atoms with Gasteiger partial charge in [0.05, 0.1) is 6.04 Å². The van der Waals surface area contributed by atoms with Crippen LogP contribution in [-0.2, 0) is 24.0 Å². The summed E-state index contributed by atoms with van der Waals surface area (Å²) in [6, 6.07) is -1.39. The first kappa shape index (κ1) is 49.6. The van der Waals surface area contributed by atoms with Crippen molar-refractivity contribution in [1.29, 1.82) is 0 Å². The molecule has 0 heterocycles. The molecule has 0 aliphatic heterocycles. The summed E-state index contributed by atoms with van der Waals surface area (Å²) in [5, 5.41) is 12.0. The molecule has 0 saturated carbocycles. The molecule has 0 rings (SSSR count). The molecular formula is C43H82N4O5. The van der Waals surface area contributed by atoms with Gasteiger partial charge in [-0.2, -0.15) is 0 Å². The third kappa shape index (κ3) is 27.2. The van der Waals surface area contributed by atoms with Crippen LogP contribution in [-0.4, -0.2) is 54.6 Å². The molecule has 0 spiro atoms. The fraction of sp³-hybridized carbons (Fsp3) is 0.884. The summed E-state index contributed by atoms with van der Waals surface area (Å²) in [5.74, 6) is 1.47. The van der Waals surface area contributed by atoms with Gasteiger partial charge in [-0.1, -0.05) is 113 Å². The Morgan fingerprint density at radius 3 is 1.37 bits per heavy atom. The molecule has 5 unspecified atom stereocenters. The average molecular weight is 735 g/mol. The number of amides is 4. The van der Waals surface area contributed by atoms with Crippen LogP contribution < -0.4 is 21.3 Å². The molecule has 9 heteroatoms. The molecule has 0 radical (unpaired) electrons. The minimum absolute atomic E-state index is 0.0196. The van der Waals surface area contributed by atoms with Crippen molar-refractivity contribution in [3.05, 3.63) is 0 Å². The van der Waals surface area contributed by atoms with Crippen LogP contribution in [0, 0.1) is 23.7 Å². The molecule has 0 saturated heterocycles. The first-order valence-electron chi connectivity index (χ1n) is 21.5. The smallest absolute Gasteiger partial charge is 0.243 e. The fourth-order valence-electron chi connectivity index (χ4n) is 6.39. The molecule has 0 aliphatic rings. The van der Waals surface area contributed by atoms with Gasteiger partial charge in [0.2, 0.25) is 23.6 Å². The molecule has 0 aliphatic carbocycles. The molecule has 4 N–H and O–H groups in total. The summed E-state index contributed by atoms with van der Waals surface area (Å²) >= 11 is 0. The highest BCUT2D eigenvalue weighted by Gasteiger charge is 2.28. The van der Waals surface area contributed by atoms with Crippen LogP contribution in [0.3, 0.4) is 0 Å². The predicted octanol–water partition coefficient (Wildman–Crippen LogP) is 8.96. The van der Waals surface area contributed by atoms with E-state index < -0.39 is 12.1 Å². The number of carbonyl (C=O) groups is 5. The zero-order chi connectivity index (χ0) is 39.1. The zero-order valence-electron chi connectivity index (χ0n) is 35.0. The SMILES string of the molecule is CCCC(C)C(=O)C(CCCCNC(=O)CCCCC(C)CC)NC(=O)C(CCCCNC(=O)CCCCC(C)CC)NC(=O)CCCCC(C)C. The molecular weight excluding hydrogens is 652 g/mol. The first-order chi connectivity index (χ1) is 24.8. The Labute approximate surface area is 319 Å². The van der Waals surface area contributed by atoms with Gasteiger partial charge in [-0.25, -0.2) is 0 Å². The van der Waals surface area contributed by atoms with Gasteiger partial charge < -0.3 is 21.3 Å². The standard InChI is InChI=1S/C43H82N4O5/c1-9-22-36(8)42(51)37(26-18-20-31-44-39(48)28-16-13-24-34(6)10-2)47-43(52)38(46-41(50)30-15-12-23-33(4)5)27-19-21-32-45-40(49)29-17-14-25-35(7)11-3/h33-38H,9-32H2,1-8H3,(H,44,48)(H,45,49)(H,46,50)(H,47,52). The number of rotatable bonds is 34. The second-order valence-electron chi connectivity index (χ2n) is 16.1.